The second-order valence-electron chi connectivity index (χ2n) is 7.82. The van der Waals surface area contributed by atoms with Crippen LogP contribution in [0.25, 0.3) is 10.9 Å². The lowest BCUT2D eigenvalue weighted by Crippen LogP contribution is -2.56. The fraction of sp³-hybridized carbons (Fsp3) is 0.0833. The third-order valence-corrected chi connectivity index (χ3v) is 6.04. The molecular formula is C24H16N4O6. The Morgan fingerprint density at radius 2 is 1.59 bits per heavy atom. The van der Waals surface area contributed by atoms with Crippen molar-refractivity contribution in [2.75, 3.05) is 4.90 Å². The standard InChI is InChI=1S/C24H16N4O6/c29-14-15-13-25(20-10-3-1-8-18(15)20)23-22(19-9-2-4-11-21(19)28(33)34)26(24(23)30)16-6-5-7-17(12-16)27(31)32/h1-14,22-23H. The molecule has 0 spiro atoms. The minimum absolute atomic E-state index is 0.174. The van der Waals surface area contributed by atoms with Crippen LogP contribution in [-0.2, 0) is 4.79 Å². The molecule has 2 atom stereocenters. The van der Waals surface area contributed by atoms with Crippen LogP contribution in [0.2, 0.25) is 0 Å². The molecule has 3 aromatic carbocycles. The molecule has 0 N–H and O–H groups in total. The van der Waals surface area contributed by atoms with Gasteiger partial charge in [0.25, 0.3) is 17.3 Å². The van der Waals surface area contributed by atoms with Crippen molar-refractivity contribution < 1.29 is 19.4 Å². The van der Waals surface area contributed by atoms with Crippen LogP contribution >= 0.6 is 0 Å². The van der Waals surface area contributed by atoms with Gasteiger partial charge in [-0.2, -0.15) is 0 Å². The lowest BCUT2D eigenvalue weighted by molar-refractivity contribution is -0.385. The molecule has 4 aromatic rings. The van der Waals surface area contributed by atoms with Crippen LogP contribution in [0, 0.1) is 20.2 Å². The van der Waals surface area contributed by atoms with E-state index in [9.17, 15) is 29.8 Å². The van der Waals surface area contributed by atoms with Gasteiger partial charge in [-0.3, -0.25) is 34.7 Å². The highest BCUT2D eigenvalue weighted by Gasteiger charge is 2.52. The number of aldehydes is 1. The van der Waals surface area contributed by atoms with Crippen molar-refractivity contribution >= 4 is 40.2 Å². The first-order valence-corrected chi connectivity index (χ1v) is 10.3. The zero-order valence-electron chi connectivity index (χ0n) is 17.5. The Hall–Kier alpha value is -4.86. The minimum Gasteiger partial charge on any atom is -0.332 e. The Kier molecular flexibility index (Phi) is 4.90. The molecule has 168 valence electrons. The first-order chi connectivity index (χ1) is 16.4. The first kappa shape index (κ1) is 21.0. The molecule has 2 heterocycles. The number of non-ortho nitro benzene ring substituents is 1. The predicted molar refractivity (Wildman–Crippen MR) is 123 cm³/mol. The molecule has 0 aliphatic carbocycles. The van der Waals surface area contributed by atoms with Gasteiger partial charge < -0.3 is 4.57 Å². The van der Waals surface area contributed by atoms with Gasteiger partial charge in [0.1, 0.15) is 6.04 Å². The number of nitrogens with zero attached hydrogens (tertiary/aromatic N) is 4. The lowest BCUT2D eigenvalue weighted by Gasteiger charge is -2.47. The molecule has 1 aromatic heterocycles. The number of carbonyl (C=O) groups excluding carboxylic acids is 2. The maximum Gasteiger partial charge on any atom is 0.274 e. The number of anilines is 1. The minimum atomic E-state index is -0.890. The number of rotatable bonds is 6. The van der Waals surface area contributed by atoms with E-state index in [0.717, 1.165) is 0 Å². The third kappa shape index (κ3) is 3.12. The van der Waals surface area contributed by atoms with Crippen LogP contribution in [0.15, 0.2) is 79.0 Å². The van der Waals surface area contributed by atoms with Crippen molar-refractivity contribution in [3.05, 3.63) is 110 Å². The topological polar surface area (TPSA) is 129 Å². The highest BCUT2D eigenvalue weighted by Crippen LogP contribution is 2.50. The van der Waals surface area contributed by atoms with E-state index < -0.39 is 27.8 Å². The maximum absolute atomic E-state index is 13.5. The number of nitro benzene ring substituents is 2. The predicted octanol–water partition coefficient (Wildman–Crippen LogP) is 4.60. The van der Waals surface area contributed by atoms with Gasteiger partial charge >= 0.3 is 0 Å². The monoisotopic (exact) mass is 456 g/mol. The van der Waals surface area contributed by atoms with Gasteiger partial charge in [0.2, 0.25) is 0 Å². The SMILES string of the molecule is O=Cc1cn(C2C(=O)N(c3cccc([N+](=O)[O-])c3)C2c2ccccc2[N+](=O)[O-])c2ccccc12. The van der Waals surface area contributed by atoms with Gasteiger partial charge in [-0.05, 0) is 18.2 Å². The van der Waals surface area contributed by atoms with Crippen LogP contribution in [0.3, 0.4) is 0 Å². The Morgan fingerprint density at radius 1 is 0.853 bits per heavy atom. The zero-order valence-corrected chi connectivity index (χ0v) is 17.5. The molecule has 1 fully saturated rings. The second-order valence-corrected chi connectivity index (χ2v) is 7.82. The summed E-state index contributed by atoms with van der Waals surface area (Å²) in [7, 11) is 0. The van der Waals surface area contributed by atoms with Crippen molar-refractivity contribution in [2.45, 2.75) is 12.1 Å². The Bertz CT molecular complexity index is 1490. The largest absolute Gasteiger partial charge is 0.332 e. The van der Waals surface area contributed by atoms with E-state index in [-0.39, 0.29) is 22.6 Å². The van der Waals surface area contributed by atoms with Crippen molar-refractivity contribution in [3.8, 4) is 0 Å². The summed E-state index contributed by atoms with van der Waals surface area (Å²) in [5.74, 6) is -0.401. The lowest BCUT2D eigenvalue weighted by atomic mass is 9.86. The number of fused-ring (bicyclic) bond motifs is 1. The molecular weight excluding hydrogens is 440 g/mol. The summed E-state index contributed by atoms with van der Waals surface area (Å²) in [6.07, 6.45) is 2.26. The number of nitro groups is 2. The summed E-state index contributed by atoms with van der Waals surface area (Å²) < 4.78 is 1.65. The van der Waals surface area contributed by atoms with E-state index in [1.165, 1.54) is 35.2 Å². The molecule has 1 amide bonds. The molecule has 0 bridgehead atoms. The maximum atomic E-state index is 13.5. The van der Waals surface area contributed by atoms with Crippen LogP contribution in [-0.4, -0.2) is 26.6 Å². The highest BCUT2D eigenvalue weighted by atomic mass is 16.6. The van der Waals surface area contributed by atoms with E-state index >= 15 is 0 Å². The van der Waals surface area contributed by atoms with E-state index in [4.69, 9.17) is 0 Å². The van der Waals surface area contributed by atoms with Crippen LogP contribution in [0.1, 0.15) is 28.0 Å². The summed E-state index contributed by atoms with van der Waals surface area (Å²) >= 11 is 0. The number of hydrogen-bond donors (Lipinski definition) is 0. The fourth-order valence-corrected chi connectivity index (χ4v) is 4.56. The van der Waals surface area contributed by atoms with E-state index in [1.54, 1.807) is 53.2 Å². The van der Waals surface area contributed by atoms with E-state index in [1.807, 2.05) is 0 Å². The van der Waals surface area contributed by atoms with E-state index in [2.05, 4.69) is 0 Å². The van der Waals surface area contributed by atoms with Gasteiger partial charge in [-0.1, -0.05) is 36.4 Å². The number of amides is 1. The molecule has 10 heteroatoms. The Balaban J connectivity index is 1.72. The summed E-state index contributed by atoms with van der Waals surface area (Å²) in [5, 5.41) is 23.8. The van der Waals surface area contributed by atoms with Crippen molar-refractivity contribution in [1.29, 1.82) is 0 Å². The molecule has 1 aliphatic rings. The molecule has 10 nitrogen and oxygen atoms in total. The Labute approximate surface area is 191 Å². The van der Waals surface area contributed by atoms with Crippen molar-refractivity contribution in [1.82, 2.24) is 4.57 Å². The zero-order chi connectivity index (χ0) is 24.0. The number of hydrogen-bond acceptors (Lipinski definition) is 6. The molecule has 0 radical (unpaired) electrons. The van der Waals surface area contributed by atoms with Gasteiger partial charge in [0.05, 0.1) is 27.1 Å². The number of β-lactam (4-membered cyclic amide) rings is 1. The summed E-state index contributed by atoms with van der Waals surface area (Å²) in [6, 6.07) is 17.0. The quantitative estimate of drug-likeness (QED) is 0.180. The van der Waals surface area contributed by atoms with Gasteiger partial charge in [-0.25, -0.2) is 0 Å². The highest BCUT2D eigenvalue weighted by molar-refractivity contribution is 6.07. The first-order valence-electron chi connectivity index (χ1n) is 10.3. The number of para-hydroxylation sites is 2. The average molecular weight is 456 g/mol. The molecule has 2 unspecified atom stereocenters. The fourth-order valence-electron chi connectivity index (χ4n) is 4.56. The number of benzene rings is 3. The normalized spacial score (nSPS) is 17.4. The van der Waals surface area contributed by atoms with Gasteiger partial charge in [-0.15, -0.1) is 0 Å². The molecule has 1 saturated heterocycles. The number of carbonyl (C=O) groups is 2. The summed E-state index contributed by atoms with van der Waals surface area (Å²) in [6.45, 7) is 0. The summed E-state index contributed by atoms with van der Waals surface area (Å²) in [5.41, 5.74) is 1.18. The van der Waals surface area contributed by atoms with Gasteiger partial charge in [0, 0.05) is 40.9 Å². The van der Waals surface area contributed by atoms with E-state index in [0.29, 0.717) is 22.8 Å². The second kappa shape index (κ2) is 7.93. The van der Waals surface area contributed by atoms with Crippen LogP contribution in [0.5, 0.6) is 0 Å². The molecule has 5 rings (SSSR count). The van der Waals surface area contributed by atoms with Crippen molar-refractivity contribution in [3.63, 3.8) is 0 Å². The summed E-state index contributed by atoms with van der Waals surface area (Å²) in [4.78, 5) is 48.5. The number of aromatic nitrogens is 1. The van der Waals surface area contributed by atoms with Crippen LogP contribution < -0.4 is 4.90 Å². The molecule has 0 saturated carbocycles. The van der Waals surface area contributed by atoms with Crippen LogP contribution in [0.4, 0.5) is 17.1 Å². The Morgan fingerprint density at radius 3 is 2.32 bits per heavy atom. The average Bonchev–Trinajstić information content (AvgIpc) is 3.21. The molecule has 34 heavy (non-hydrogen) atoms. The molecule has 1 aliphatic heterocycles. The van der Waals surface area contributed by atoms with Gasteiger partial charge in [0.15, 0.2) is 6.29 Å². The van der Waals surface area contributed by atoms with Crippen molar-refractivity contribution in [2.24, 2.45) is 0 Å². The third-order valence-electron chi connectivity index (χ3n) is 6.04. The smallest absolute Gasteiger partial charge is 0.274 e.